The molecule has 15 heavy (non-hydrogen) atoms. The Hall–Kier alpha value is -0.770. The van der Waals surface area contributed by atoms with Crippen molar-refractivity contribution in [1.82, 2.24) is 10.6 Å². The lowest BCUT2D eigenvalue weighted by molar-refractivity contribution is 0.0497. The number of hydrogen-bond acceptors (Lipinski definition) is 3. The number of amides is 1. The Balaban J connectivity index is 1.85. The third-order valence-electron chi connectivity index (χ3n) is 3.12. The van der Waals surface area contributed by atoms with Gasteiger partial charge in [0.15, 0.2) is 0 Å². The lowest BCUT2D eigenvalue weighted by atomic mass is 10.1. The maximum atomic E-state index is 11.6. The van der Waals surface area contributed by atoms with E-state index < -0.39 is 5.60 Å². The van der Waals surface area contributed by atoms with E-state index in [1.165, 1.54) is 12.8 Å². The van der Waals surface area contributed by atoms with Gasteiger partial charge in [0, 0.05) is 12.6 Å². The van der Waals surface area contributed by atoms with Crippen LogP contribution in [0.25, 0.3) is 0 Å². The van der Waals surface area contributed by atoms with Crippen LogP contribution in [0.3, 0.4) is 0 Å². The van der Waals surface area contributed by atoms with E-state index in [0.717, 1.165) is 6.54 Å². The van der Waals surface area contributed by atoms with Crippen LogP contribution < -0.4 is 10.6 Å². The first-order valence-corrected chi connectivity index (χ1v) is 5.68. The van der Waals surface area contributed by atoms with E-state index in [4.69, 9.17) is 4.74 Å². The molecule has 0 radical (unpaired) electrons. The van der Waals surface area contributed by atoms with Crippen molar-refractivity contribution in [1.29, 1.82) is 0 Å². The molecule has 2 N–H and O–H groups in total. The summed E-state index contributed by atoms with van der Waals surface area (Å²) >= 11 is 0. The first kappa shape index (κ1) is 10.7. The highest BCUT2D eigenvalue weighted by atomic mass is 16.6. The largest absolute Gasteiger partial charge is 0.444 e. The summed E-state index contributed by atoms with van der Waals surface area (Å²) in [5.41, 5.74) is -0.408. The Morgan fingerprint density at radius 2 is 2.13 bits per heavy atom. The minimum absolute atomic E-state index is 0.278. The highest BCUT2D eigenvalue weighted by molar-refractivity contribution is 5.68. The fourth-order valence-corrected chi connectivity index (χ4v) is 2.50. The third-order valence-corrected chi connectivity index (χ3v) is 3.12. The molecule has 3 atom stereocenters. The number of piperidine rings is 1. The maximum Gasteiger partial charge on any atom is 0.407 e. The molecular weight excluding hydrogens is 192 g/mol. The second-order valence-corrected chi connectivity index (χ2v) is 5.52. The van der Waals surface area contributed by atoms with Crippen molar-refractivity contribution in [2.75, 3.05) is 6.54 Å². The van der Waals surface area contributed by atoms with E-state index in [1.807, 2.05) is 20.8 Å². The molecule has 2 bridgehead atoms. The van der Waals surface area contributed by atoms with Gasteiger partial charge in [0.25, 0.3) is 0 Å². The van der Waals surface area contributed by atoms with Gasteiger partial charge in [-0.15, -0.1) is 0 Å². The topological polar surface area (TPSA) is 50.4 Å². The molecule has 1 saturated heterocycles. The standard InChI is InChI=1S/C11H20N2O2/c1-11(2,3)15-10(14)13-9-7-4-5-8(9)12-6-7/h7-9,12H,4-6H2,1-3H3,(H,13,14)/t7-,8-,9-/m1/s1. The predicted molar refractivity (Wildman–Crippen MR) is 57.7 cm³/mol. The van der Waals surface area contributed by atoms with E-state index in [2.05, 4.69) is 10.6 Å². The zero-order valence-electron chi connectivity index (χ0n) is 9.67. The molecule has 1 aliphatic carbocycles. The Labute approximate surface area is 90.8 Å². The van der Waals surface area contributed by atoms with E-state index in [-0.39, 0.29) is 12.1 Å². The SMILES string of the molecule is CC(C)(C)OC(=O)N[C@@H]1[C@@H]2CC[C@H]1NC2. The van der Waals surface area contributed by atoms with Crippen molar-refractivity contribution in [3.05, 3.63) is 0 Å². The molecule has 0 aromatic rings. The number of hydrogen-bond donors (Lipinski definition) is 2. The molecule has 4 heteroatoms. The zero-order valence-corrected chi connectivity index (χ0v) is 9.67. The molecule has 86 valence electrons. The van der Waals surface area contributed by atoms with Crippen molar-refractivity contribution in [3.8, 4) is 0 Å². The molecule has 1 saturated carbocycles. The fraction of sp³-hybridized carbons (Fsp3) is 0.909. The van der Waals surface area contributed by atoms with Crippen LogP contribution in [-0.2, 0) is 4.74 Å². The maximum absolute atomic E-state index is 11.6. The molecule has 2 fully saturated rings. The van der Waals surface area contributed by atoms with Crippen molar-refractivity contribution in [2.45, 2.75) is 51.3 Å². The smallest absolute Gasteiger partial charge is 0.407 e. The summed E-state index contributed by atoms with van der Waals surface area (Å²) in [4.78, 5) is 11.6. The van der Waals surface area contributed by atoms with Crippen LogP contribution in [0.4, 0.5) is 4.79 Å². The minimum Gasteiger partial charge on any atom is -0.444 e. The Kier molecular flexibility index (Phi) is 2.63. The first-order valence-electron chi connectivity index (χ1n) is 5.68. The van der Waals surface area contributed by atoms with E-state index in [9.17, 15) is 4.79 Å². The van der Waals surface area contributed by atoms with Gasteiger partial charge in [0.05, 0.1) is 6.04 Å². The minimum atomic E-state index is -0.408. The lowest BCUT2D eigenvalue weighted by Crippen LogP contribution is -2.44. The van der Waals surface area contributed by atoms with Gasteiger partial charge in [-0.3, -0.25) is 0 Å². The van der Waals surface area contributed by atoms with Gasteiger partial charge in [0.2, 0.25) is 0 Å². The number of nitrogens with one attached hydrogen (secondary N) is 2. The average molecular weight is 212 g/mol. The fourth-order valence-electron chi connectivity index (χ4n) is 2.50. The Morgan fingerprint density at radius 1 is 1.40 bits per heavy atom. The average Bonchev–Trinajstić information content (AvgIpc) is 2.61. The molecule has 0 aromatic heterocycles. The molecule has 4 nitrogen and oxygen atoms in total. The van der Waals surface area contributed by atoms with Crippen LogP contribution in [0.2, 0.25) is 0 Å². The van der Waals surface area contributed by atoms with Crippen molar-refractivity contribution in [2.24, 2.45) is 5.92 Å². The number of carbonyl (C=O) groups excluding carboxylic acids is 1. The van der Waals surface area contributed by atoms with Gasteiger partial charge in [-0.1, -0.05) is 0 Å². The molecular formula is C11H20N2O2. The van der Waals surface area contributed by atoms with Crippen molar-refractivity contribution in [3.63, 3.8) is 0 Å². The van der Waals surface area contributed by atoms with E-state index >= 15 is 0 Å². The van der Waals surface area contributed by atoms with Gasteiger partial charge < -0.3 is 15.4 Å². The highest BCUT2D eigenvalue weighted by Gasteiger charge is 2.42. The van der Waals surface area contributed by atoms with Crippen molar-refractivity contribution >= 4 is 6.09 Å². The predicted octanol–water partition coefficient (Wildman–Crippen LogP) is 1.26. The molecule has 1 heterocycles. The van der Waals surface area contributed by atoms with Crippen LogP contribution in [0, 0.1) is 5.92 Å². The normalized spacial score (nSPS) is 34.2. The lowest BCUT2D eigenvalue weighted by Gasteiger charge is -2.23. The van der Waals surface area contributed by atoms with Crippen LogP contribution >= 0.6 is 0 Å². The molecule has 2 rings (SSSR count). The molecule has 1 amide bonds. The quantitative estimate of drug-likeness (QED) is 0.688. The summed E-state index contributed by atoms with van der Waals surface area (Å²) < 4.78 is 5.25. The number of ether oxygens (including phenoxy) is 1. The van der Waals surface area contributed by atoms with Crippen LogP contribution in [-0.4, -0.2) is 30.3 Å². The monoisotopic (exact) mass is 212 g/mol. The molecule has 0 spiro atoms. The number of fused-ring (bicyclic) bond motifs is 2. The van der Waals surface area contributed by atoms with Gasteiger partial charge >= 0.3 is 6.09 Å². The summed E-state index contributed by atoms with van der Waals surface area (Å²) in [7, 11) is 0. The zero-order chi connectivity index (χ0) is 11.1. The van der Waals surface area contributed by atoms with Crippen molar-refractivity contribution < 1.29 is 9.53 Å². The number of carbonyl (C=O) groups is 1. The Bertz CT molecular complexity index is 240. The third kappa shape index (κ3) is 2.43. The van der Waals surface area contributed by atoms with Crippen LogP contribution in [0.1, 0.15) is 33.6 Å². The van der Waals surface area contributed by atoms with Gasteiger partial charge in [0.1, 0.15) is 5.60 Å². The second-order valence-electron chi connectivity index (χ2n) is 5.52. The van der Waals surface area contributed by atoms with Gasteiger partial charge in [-0.05, 0) is 39.5 Å². The van der Waals surface area contributed by atoms with Crippen LogP contribution in [0.5, 0.6) is 0 Å². The van der Waals surface area contributed by atoms with Gasteiger partial charge in [-0.2, -0.15) is 0 Å². The molecule has 0 unspecified atom stereocenters. The summed E-state index contributed by atoms with van der Waals surface area (Å²) in [6.45, 7) is 6.68. The Morgan fingerprint density at radius 3 is 2.53 bits per heavy atom. The van der Waals surface area contributed by atoms with Gasteiger partial charge in [-0.25, -0.2) is 4.79 Å². The summed E-state index contributed by atoms with van der Waals surface area (Å²) in [6.07, 6.45) is 2.11. The summed E-state index contributed by atoms with van der Waals surface area (Å²) in [5.74, 6) is 0.600. The highest BCUT2D eigenvalue weighted by Crippen LogP contribution is 2.31. The second kappa shape index (κ2) is 3.67. The number of alkyl carbamates (subject to hydrolysis) is 1. The number of rotatable bonds is 1. The van der Waals surface area contributed by atoms with E-state index in [0.29, 0.717) is 12.0 Å². The summed E-state index contributed by atoms with van der Waals surface area (Å²) in [5, 5.41) is 6.38. The van der Waals surface area contributed by atoms with Crippen LogP contribution in [0.15, 0.2) is 0 Å². The first-order chi connectivity index (χ1) is 6.96. The molecule has 0 aromatic carbocycles. The van der Waals surface area contributed by atoms with E-state index in [1.54, 1.807) is 0 Å². The summed E-state index contributed by atoms with van der Waals surface area (Å²) in [6, 6.07) is 0.738. The molecule has 2 aliphatic rings. The molecule has 1 aliphatic heterocycles.